The molecule has 0 bridgehead atoms. The quantitative estimate of drug-likeness (QED) is 0.754. The van der Waals surface area contributed by atoms with Crippen LogP contribution in [0, 0.1) is 0 Å². The Labute approximate surface area is 180 Å². The van der Waals surface area contributed by atoms with E-state index in [2.05, 4.69) is 0 Å². The molecule has 6 nitrogen and oxygen atoms in total. The largest absolute Gasteiger partial charge is 0.507 e. The molecule has 1 aliphatic rings. The van der Waals surface area contributed by atoms with E-state index in [-0.39, 0.29) is 64.3 Å². The Morgan fingerprint density at radius 1 is 1.07 bits per heavy atom. The maximum absolute atomic E-state index is 12.9. The molecule has 0 radical (unpaired) electrons. The average Bonchev–Trinajstić information content (AvgIpc) is 2.69. The van der Waals surface area contributed by atoms with Gasteiger partial charge in [-0.2, -0.15) is 4.31 Å². The summed E-state index contributed by atoms with van der Waals surface area (Å²) in [4.78, 5) is 14.3. The highest BCUT2D eigenvalue weighted by Crippen LogP contribution is 2.31. The van der Waals surface area contributed by atoms with Crippen LogP contribution < -0.4 is 0 Å². The normalized spacial score (nSPS) is 15.7. The standard InChI is InChI=1S/C20H22Cl2N2O4S/c1-13(2)14-6-7-15(17(25)12-14)20(26)23-8-10-24(11-9-23)29(27,28)18-5-3-4-16(21)19(18)22/h3-7,12-13,25H,8-11H2,1-2H3. The van der Waals surface area contributed by atoms with E-state index < -0.39 is 10.0 Å². The summed E-state index contributed by atoms with van der Waals surface area (Å²) >= 11 is 12.0. The second-order valence-electron chi connectivity index (χ2n) is 7.18. The summed E-state index contributed by atoms with van der Waals surface area (Å²) in [6, 6.07) is 9.50. The fourth-order valence-corrected chi connectivity index (χ4v) is 5.37. The van der Waals surface area contributed by atoms with Gasteiger partial charge in [0.15, 0.2) is 0 Å². The highest BCUT2D eigenvalue weighted by atomic mass is 35.5. The number of carbonyl (C=O) groups excluding carboxylic acids is 1. The maximum Gasteiger partial charge on any atom is 0.257 e. The van der Waals surface area contributed by atoms with E-state index in [1.54, 1.807) is 12.1 Å². The molecule has 0 unspecified atom stereocenters. The Hall–Kier alpha value is -1.80. The van der Waals surface area contributed by atoms with E-state index >= 15 is 0 Å². The second-order valence-corrected chi connectivity index (χ2v) is 9.87. The van der Waals surface area contributed by atoms with Crippen molar-refractivity contribution >= 4 is 39.1 Å². The van der Waals surface area contributed by atoms with Crippen molar-refractivity contribution in [1.29, 1.82) is 0 Å². The van der Waals surface area contributed by atoms with Crippen LogP contribution in [0.1, 0.15) is 35.7 Å². The number of sulfonamides is 1. The molecule has 1 fully saturated rings. The summed E-state index contributed by atoms with van der Waals surface area (Å²) in [7, 11) is -3.82. The Bertz CT molecular complexity index is 1030. The molecule has 29 heavy (non-hydrogen) atoms. The van der Waals surface area contributed by atoms with Gasteiger partial charge in [0.05, 0.1) is 15.6 Å². The van der Waals surface area contributed by atoms with E-state index in [1.165, 1.54) is 27.4 Å². The van der Waals surface area contributed by atoms with E-state index in [0.29, 0.717) is 0 Å². The van der Waals surface area contributed by atoms with Gasteiger partial charge in [-0.25, -0.2) is 8.42 Å². The third kappa shape index (κ3) is 4.38. The summed E-state index contributed by atoms with van der Waals surface area (Å²) in [5.74, 6) is -0.158. The van der Waals surface area contributed by atoms with Gasteiger partial charge >= 0.3 is 0 Å². The molecule has 0 aliphatic carbocycles. The lowest BCUT2D eigenvalue weighted by Crippen LogP contribution is -2.50. The number of amides is 1. The minimum Gasteiger partial charge on any atom is -0.507 e. The van der Waals surface area contributed by atoms with Crippen molar-refractivity contribution in [2.24, 2.45) is 0 Å². The van der Waals surface area contributed by atoms with Crippen molar-refractivity contribution in [3.63, 3.8) is 0 Å². The molecule has 9 heteroatoms. The van der Waals surface area contributed by atoms with Crippen molar-refractivity contribution < 1.29 is 18.3 Å². The number of piperazine rings is 1. The third-order valence-electron chi connectivity index (χ3n) is 4.98. The van der Waals surface area contributed by atoms with Crippen LogP contribution in [-0.4, -0.2) is 54.8 Å². The number of carbonyl (C=O) groups is 1. The van der Waals surface area contributed by atoms with Crippen molar-refractivity contribution in [3.05, 3.63) is 57.6 Å². The first-order valence-corrected chi connectivity index (χ1v) is 11.4. The number of aromatic hydroxyl groups is 1. The fraction of sp³-hybridized carbons (Fsp3) is 0.350. The number of rotatable bonds is 4. The lowest BCUT2D eigenvalue weighted by atomic mass is 10.0. The molecule has 1 saturated heterocycles. The van der Waals surface area contributed by atoms with Gasteiger partial charge in [0.25, 0.3) is 5.91 Å². The predicted octanol–water partition coefficient (Wildman–Crippen LogP) is 3.97. The fourth-order valence-electron chi connectivity index (χ4n) is 3.21. The van der Waals surface area contributed by atoms with Gasteiger partial charge in [-0.05, 0) is 35.7 Å². The zero-order chi connectivity index (χ0) is 21.3. The molecule has 3 rings (SSSR count). The van der Waals surface area contributed by atoms with Gasteiger partial charge in [-0.1, -0.05) is 49.2 Å². The predicted molar refractivity (Wildman–Crippen MR) is 113 cm³/mol. The summed E-state index contributed by atoms with van der Waals surface area (Å²) in [5.41, 5.74) is 1.15. The number of nitrogens with zero attached hydrogens (tertiary/aromatic N) is 2. The molecular weight excluding hydrogens is 435 g/mol. The first-order chi connectivity index (χ1) is 13.6. The van der Waals surface area contributed by atoms with Gasteiger partial charge in [0, 0.05) is 26.2 Å². The molecule has 1 aliphatic heterocycles. The molecule has 1 N–H and O–H groups in total. The van der Waals surface area contributed by atoms with E-state index in [4.69, 9.17) is 23.2 Å². The van der Waals surface area contributed by atoms with Crippen LogP contribution in [0.25, 0.3) is 0 Å². The molecule has 1 amide bonds. The molecular formula is C20H22Cl2N2O4S. The van der Waals surface area contributed by atoms with Crippen LogP contribution in [0.3, 0.4) is 0 Å². The minimum absolute atomic E-state index is 0.0113. The van der Waals surface area contributed by atoms with Gasteiger partial charge in [0.2, 0.25) is 10.0 Å². The Morgan fingerprint density at radius 3 is 2.31 bits per heavy atom. The molecule has 2 aromatic carbocycles. The molecule has 0 aromatic heterocycles. The smallest absolute Gasteiger partial charge is 0.257 e. The zero-order valence-electron chi connectivity index (χ0n) is 16.1. The molecule has 1 heterocycles. The lowest BCUT2D eigenvalue weighted by Gasteiger charge is -2.34. The summed E-state index contributed by atoms with van der Waals surface area (Å²) in [6.45, 7) is 4.68. The van der Waals surface area contributed by atoms with Crippen LogP contribution in [0.15, 0.2) is 41.3 Å². The van der Waals surface area contributed by atoms with Crippen molar-refractivity contribution in [2.45, 2.75) is 24.7 Å². The SMILES string of the molecule is CC(C)c1ccc(C(=O)N2CCN(S(=O)(=O)c3cccc(Cl)c3Cl)CC2)c(O)c1. The summed E-state index contributed by atoms with van der Waals surface area (Å²) in [6.07, 6.45) is 0. The van der Waals surface area contributed by atoms with Crippen LogP contribution >= 0.6 is 23.2 Å². The average molecular weight is 457 g/mol. The van der Waals surface area contributed by atoms with E-state index in [0.717, 1.165) is 5.56 Å². The monoisotopic (exact) mass is 456 g/mol. The van der Waals surface area contributed by atoms with Crippen LogP contribution in [-0.2, 0) is 10.0 Å². The molecule has 156 valence electrons. The molecule has 0 atom stereocenters. The number of benzene rings is 2. The number of phenolic OH excluding ortho intramolecular Hbond substituents is 1. The van der Waals surface area contributed by atoms with Crippen molar-refractivity contribution in [3.8, 4) is 5.75 Å². The van der Waals surface area contributed by atoms with Gasteiger partial charge in [-0.15, -0.1) is 0 Å². The summed E-state index contributed by atoms with van der Waals surface area (Å²) in [5, 5.41) is 10.4. The van der Waals surface area contributed by atoms with Crippen LogP contribution in [0.4, 0.5) is 0 Å². The molecule has 0 spiro atoms. The number of phenols is 1. The first kappa shape index (κ1) is 21.9. The second kappa shape index (κ2) is 8.52. The zero-order valence-corrected chi connectivity index (χ0v) is 18.4. The summed E-state index contributed by atoms with van der Waals surface area (Å²) < 4.78 is 27.1. The maximum atomic E-state index is 12.9. The molecule has 0 saturated carbocycles. The Balaban J connectivity index is 1.73. The van der Waals surface area contributed by atoms with Crippen LogP contribution in [0.5, 0.6) is 5.75 Å². The van der Waals surface area contributed by atoms with E-state index in [9.17, 15) is 18.3 Å². The van der Waals surface area contributed by atoms with Gasteiger partial charge in [0.1, 0.15) is 10.6 Å². The highest BCUT2D eigenvalue weighted by Gasteiger charge is 2.32. The van der Waals surface area contributed by atoms with Gasteiger partial charge < -0.3 is 10.0 Å². The Kier molecular flexibility index (Phi) is 6.43. The number of hydrogen-bond donors (Lipinski definition) is 1. The topological polar surface area (TPSA) is 77.9 Å². The lowest BCUT2D eigenvalue weighted by molar-refractivity contribution is 0.0695. The third-order valence-corrected chi connectivity index (χ3v) is 7.85. The van der Waals surface area contributed by atoms with Gasteiger partial charge in [-0.3, -0.25) is 4.79 Å². The highest BCUT2D eigenvalue weighted by molar-refractivity contribution is 7.89. The molecule has 2 aromatic rings. The first-order valence-electron chi connectivity index (χ1n) is 9.19. The van der Waals surface area contributed by atoms with E-state index in [1.807, 2.05) is 19.9 Å². The van der Waals surface area contributed by atoms with Crippen molar-refractivity contribution in [1.82, 2.24) is 9.21 Å². The van der Waals surface area contributed by atoms with Crippen molar-refractivity contribution in [2.75, 3.05) is 26.2 Å². The van der Waals surface area contributed by atoms with Crippen LogP contribution in [0.2, 0.25) is 10.0 Å². The minimum atomic E-state index is -3.82. The Morgan fingerprint density at radius 2 is 1.72 bits per heavy atom. The number of halogens is 2. The number of hydrogen-bond acceptors (Lipinski definition) is 4.